The first-order chi connectivity index (χ1) is 10.8. The first-order valence-corrected chi connectivity index (χ1v) is 9.35. The summed E-state index contributed by atoms with van der Waals surface area (Å²) in [5.74, 6) is 1.54. The summed E-state index contributed by atoms with van der Waals surface area (Å²) >= 11 is 1.84. The molecule has 1 fully saturated rings. The van der Waals surface area contributed by atoms with Crippen molar-refractivity contribution < 1.29 is 0 Å². The van der Waals surface area contributed by atoms with Crippen molar-refractivity contribution in [3.8, 4) is 0 Å². The molecule has 1 saturated heterocycles. The molecule has 0 amide bonds. The molecule has 0 aromatic carbocycles. The second-order valence-electron chi connectivity index (χ2n) is 6.17. The second kappa shape index (κ2) is 12.1. The van der Waals surface area contributed by atoms with Crippen LogP contribution in [-0.4, -0.2) is 50.6 Å². The SMILES string of the molecule is CN=C(NCCCN1CCCC1)NCC(C)Cc1cccs1.I. The molecule has 0 aliphatic carbocycles. The Kier molecular flexibility index (Phi) is 10.9. The lowest BCUT2D eigenvalue weighted by atomic mass is 10.1. The molecule has 1 atom stereocenters. The summed E-state index contributed by atoms with van der Waals surface area (Å²) in [5, 5.41) is 9.01. The van der Waals surface area contributed by atoms with Crippen LogP contribution in [0.5, 0.6) is 0 Å². The number of thiophene rings is 1. The number of hydrogen-bond donors (Lipinski definition) is 2. The Morgan fingerprint density at radius 1 is 1.35 bits per heavy atom. The fourth-order valence-electron chi connectivity index (χ4n) is 2.85. The van der Waals surface area contributed by atoms with E-state index in [1.54, 1.807) is 0 Å². The number of nitrogens with one attached hydrogen (secondary N) is 2. The van der Waals surface area contributed by atoms with E-state index in [4.69, 9.17) is 0 Å². The van der Waals surface area contributed by atoms with Gasteiger partial charge in [0.15, 0.2) is 5.96 Å². The Hall–Kier alpha value is -0.340. The first kappa shape index (κ1) is 20.7. The molecule has 0 spiro atoms. The lowest BCUT2D eigenvalue weighted by Gasteiger charge is -2.17. The van der Waals surface area contributed by atoms with Gasteiger partial charge in [0.25, 0.3) is 0 Å². The third-order valence-electron chi connectivity index (χ3n) is 4.11. The Labute approximate surface area is 162 Å². The molecule has 132 valence electrons. The topological polar surface area (TPSA) is 39.7 Å². The average molecular weight is 450 g/mol. The van der Waals surface area contributed by atoms with Crippen LogP contribution in [0.25, 0.3) is 0 Å². The van der Waals surface area contributed by atoms with E-state index in [2.05, 4.69) is 45.0 Å². The summed E-state index contributed by atoms with van der Waals surface area (Å²) in [7, 11) is 1.85. The molecular weight excluding hydrogens is 419 g/mol. The third kappa shape index (κ3) is 8.35. The van der Waals surface area contributed by atoms with Crippen LogP contribution in [-0.2, 0) is 6.42 Å². The highest BCUT2D eigenvalue weighted by Crippen LogP contribution is 2.13. The van der Waals surface area contributed by atoms with Crippen molar-refractivity contribution in [2.45, 2.75) is 32.6 Å². The Bertz CT molecular complexity index is 430. The van der Waals surface area contributed by atoms with Crippen LogP contribution < -0.4 is 10.6 Å². The molecule has 2 N–H and O–H groups in total. The molecule has 1 aromatic rings. The van der Waals surface area contributed by atoms with Crippen LogP contribution in [0.2, 0.25) is 0 Å². The molecule has 0 bridgehead atoms. The maximum atomic E-state index is 4.31. The summed E-state index contributed by atoms with van der Waals surface area (Å²) < 4.78 is 0. The maximum Gasteiger partial charge on any atom is 0.190 e. The number of likely N-dealkylation sites (tertiary alicyclic amines) is 1. The molecule has 1 aliphatic rings. The van der Waals surface area contributed by atoms with Gasteiger partial charge in [-0.25, -0.2) is 0 Å². The van der Waals surface area contributed by atoms with Crippen LogP contribution in [0.4, 0.5) is 0 Å². The van der Waals surface area contributed by atoms with Gasteiger partial charge in [0, 0.05) is 25.0 Å². The lowest BCUT2D eigenvalue weighted by molar-refractivity contribution is 0.334. The van der Waals surface area contributed by atoms with Crippen molar-refractivity contribution in [1.29, 1.82) is 0 Å². The van der Waals surface area contributed by atoms with Crippen LogP contribution >= 0.6 is 35.3 Å². The van der Waals surface area contributed by atoms with Crippen molar-refractivity contribution in [2.75, 3.05) is 39.8 Å². The molecule has 6 heteroatoms. The smallest absolute Gasteiger partial charge is 0.190 e. The zero-order valence-electron chi connectivity index (χ0n) is 14.4. The number of guanidine groups is 1. The second-order valence-corrected chi connectivity index (χ2v) is 7.20. The zero-order valence-corrected chi connectivity index (χ0v) is 17.5. The summed E-state index contributed by atoms with van der Waals surface area (Å²) in [4.78, 5) is 8.33. The van der Waals surface area contributed by atoms with Gasteiger partial charge in [-0.2, -0.15) is 0 Å². The minimum absolute atomic E-state index is 0. The third-order valence-corrected chi connectivity index (χ3v) is 5.01. The van der Waals surface area contributed by atoms with Crippen molar-refractivity contribution >= 4 is 41.3 Å². The molecule has 23 heavy (non-hydrogen) atoms. The number of halogens is 1. The summed E-state index contributed by atoms with van der Waals surface area (Å²) in [5.41, 5.74) is 0. The molecule has 1 aromatic heterocycles. The van der Waals surface area contributed by atoms with E-state index in [9.17, 15) is 0 Å². The van der Waals surface area contributed by atoms with Crippen LogP contribution in [0, 0.1) is 5.92 Å². The highest BCUT2D eigenvalue weighted by molar-refractivity contribution is 14.0. The van der Waals surface area contributed by atoms with Gasteiger partial charge in [-0.3, -0.25) is 4.99 Å². The highest BCUT2D eigenvalue weighted by Gasteiger charge is 2.10. The van der Waals surface area contributed by atoms with E-state index in [0.29, 0.717) is 5.92 Å². The minimum Gasteiger partial charge on any atom is -0.356 e. The van der Waals surface area contributed by atoms with Gasteiger partial charge in [0.1, 0.15) is 0 Å². The van der Waals surface area contributed by atoms with Gasteiger partial charge < -0.3 is 15.5 Å². The molecule has 0 radical (unpaired) electrons. The lowest BCUT2D eigenvalue weighted by Crippen LogP contribution is -2.40. The molecule has 1 unspecified atom stereocenters. The van der Waals surface area contributed by atoms with Gasteiger partial charge in [0.05, 0.1) is 0 Å². The predicted molar refractivity (Wildman–Crippen MR) is 112 cm³/mol. The average Bonchev–Trinajstić information content (AvgIpc) is 3.20. The van der Waals surface area contributed by atoms with E-state index < -0.39 is 0 Å². The highest BCUT2D eigenvalue weighted by atomic mass is 127. The molecule has 2 rings (SSSR count). The predicted octanol–water partition coefficient (Wildman–Crippen LogP) is 3.20. The van der Waals surface area contributed by atoms with E-state index >= 15 is 0 Å². The fourth-order valence-corrected chi connectivity index (χ4v) is 3.72. The zero-order chi connectivity index (χ0) is 15.6. The molecule has 2 heterocycles. The molecular formula is C17H31IN4S. The van der Waals surface area contributed by atoms with Gasteiger partial charge in [-0.15, -0.1) is 35.3 Å². The summed E-state index contributed by atoms with van der Waals surface area (Å²) in [6, 6.07) is 4.34. The number of aliphatic imine (C=N–C) groups is 1. The van der Waals surface area contributed by atoms with Gasteiger partial charge in [-0.05, 0) is 62.7 Å². The maximum absolute atomic E-state index is 4.31. The monoisotopic (exact) mass is 450 g/mol. The number of nitrogens with zero attached hydrogens (tertiary/aromatic N) is 2. The molecule has 1 aliphatic heterocycles. The minimum atomic E-state index is 0. The van der Waals surface area contributed by atoms with E-state index in [1.165, 1.54) is 43.8 Å². The van der Waals surface area contributed by atoms with Crippen molar-refractivity contribution in [3.63, 3.8) is 0 Å². The Morgan fingerprint density at radius 3 is 2.78 bits per heavy atom. The molecule has 4 nitrogen and oxygen atoms in total. The normalized spacial score (nSPS) is 16.9. The molecule has 0 saturated carbocycles. The standard InChI is InChI=1S/C17H30N4S.HI/c1-15(13-16-7-5-12-22-16)14-20-17(18-2)19-8-6-11-21-9-3-4-10-21;/h5,7,12,15H,3-4,6,8-11,13-14H2,1-2H3,(H2,18,19,20);1H. The summed E-state index contributed by atoms with van der Waals surface area (Å²) in [6.07, 6.45) is 5.07. The van der Waals surface area contributed by atoms with Crippen LogP contribution in [0.15, 0.2) is 22.5 Å². The van der Waals surface area contributed by atoms with E-state index in [0.717, 1.165) is 25.5 Å². The van der Waals surface area contributed by atoms with Crippen molar-refractivity contribution in [2.24, 2.45) is 10.9 Å². The van der Waals surface area contributed by atoms with Gasteiger partial charge >= 0.3 is 0 Å². The van der Waals surface area contributed by atoms with Crippen LogP contribution in [0.3, 0.4) is 0 Å². The largest absolute Gasteiger partial charge is 0.356 e. The van der Waals surface area contributed by atoms with Gasteiger partial charge in [-0.1, -0.05) is 13.0 Å². The van der Waals surface area contributed by atoms with E-state index in [-0.39, 0.29) is 24.0 Å². The number of rotatable bonds is 8. The fraction of sp³-hybridized carbons (Fsp3) is 0.706. The van der Waals surface area contributed by atoms with E-state index in [1.807, 2.05) is 18.4 Å². The van der Waals surface area contributed by atoms with Gasteiger partial charge in [0.2, 0.25) is 0 Å². The van der Waals surface area contributed by atoms with Crippen molar-refractivity contribution in [1.82, 2.24) is 15.5 Å². The van der Waals surface area contributed by atoms with Crippen molar-refractivity contribution in [3.05, 3.63) is 22.4 Å². The number of hydrogen-bond acceptors (Lipinski definition) is 3. The Morgan fingerprint density at radius 2 is 2.13 bits per heavy atom. The first-order valence-electron chi connectivity index (χ1n) is 8.47. The summed E-state index contributed by atoms with van der Waals surface area (Å²) in [6.45, 7) is 8.02. The Balaban J connectivity index is 0.00000264. The van der Waals surface area contributed by atoms with Crippen LogP contribution in [0.1, 0.15) is 31.1 Å². The quantitative estimate of drug-likeness (QED) is 0.277.